The van der Waals surface area contributed by atoms with Gasteiger partial charge in [0.15, 0.2) is 0 Å². The highest BCUT2D eigenvalue weighted by Crippen LogP contribution is 2.18. The Morgan fingerprint density at radius 2 is 1.95 bits per heavy atom. The molecule has 0 aromatic heterocycles. The number of benzene rings is 1. The van der Waals surface area contributed by atoms with Gasteiger partial charge < -0.3 is 10.4 Å². The summed E-state index contributed by atoms with van der Waals surface area (Å²) in [4.78, 5) is 21.6. The largest absolute Gasteiger partial charge is 0.481 e. The number of sulfonamides is 1. The van der Waals surface area contributed by atoms with Crippen LogP contribution in [0.4, 0.5) is 5.69 Å². The number of nitrogens with one attached hydrogen (secondary N) is 1. The van der Waals surface area contributed by atoms with Gasteiger partial charge in [0.2, 0.25) is 15.9 Å². The first kappa shape index (κ1) is 15.1. The van der Waals surface area contributed by atoms with Crippen molar-refractivity contribution in [3.63, 3.8) is 0 Å². The van der Waals surface area contributed by atoms with E-state index >= 15 is 0 Å². The van der Waals surface area contributed by atoms with Crippen molar-refractivity contribution in [3.8, 4) is 0 Å². The highest BCUT2D eigenvalue weighted by atomic mass is 32.2. The van der Waals surface area contributed by atoms with Crippen LogP contribution in [0.15, 0.2) is 29.2 Å². The molecule has 7 nitrogen and oxygen atoms in total. The molecule has 0 saturated carbocycles. The number of carbonyl (C=O) groups excluding carboxylic acids is 1. The molecule has 1 aromatic carbocycles. The van der Waals surface area contributed by atoms with Crippen LogP contribution in [0.2, 0.25) is 0 Å². The number of amides is 1. The van der Waals surface area contributed by atoms with Crippen LogP contribution in [0, 0.1) is 0 Å². The van der Waals surface area contributed by atoms with Crippen LogP contribution in [0.1, 0.15) is 6.42 Å². The topological polar surface area (TPSA) is 104 Å². The molecule has 2 N–H and O–H groups in total. The number of anilines is 1. The van der Waals surface area contributed by atoms with Gasteiger partial charge in [-0.05, 0) is 18.2 Å². The summed E-state index contributed by atoms with van der Waals surface area (Å²) in [5.74, 6) is -1.97. The maximum Gasteiger partial charge on any atom is 0.312 e. The number of hydrogen-bond acceptors (Lipinski definition) is 4. The molecule has 8 heteroatoms. The fraction of sp³-hybridized carbons (Fsp3) is 0.273. The smallest absolute Gasteiger partial charge is 0.312 e. The summed E-state index contributed by atoms with van der Waals surface area (Å²) in [6.45, 7) is 0. The second-order valence-electron chi connectivity index (χ2n) is 3.93. The van der Waals surface area contributed by atoms with Gasteiger partial charge in [-0.1, -0.05) is 6.07 Å². The quantitative estimate of drug-likeness (QED) is 0.760. The Bertz CT molecular complexity index is 595. The summed E-state index contributed by atoms with van der Waals surface area (Å²) in [5, 5.41) is 10.8. The molecule has 0 fully saturated rings. The van der Waals surface area contributed by atoms with Crippen LogP contribution in [0.5, 0.6) is 0 Å². The third kappa shape index (κ3) is 4.04. The highest BCUT2D eigenvalue weighted by molar-refractivity contribution is 7.89. The molecule has 0 atom stereocenters. The second kappa shape index (κ2) is 5.81. The lowest BCUT2D eigenvalue weighted by Crippen LogP contribution is -2.22. The van der Waals surface area contributed by atoms with Crippen LogP contribution in [-0.2, 0) is 19.6 Å². The zero-order valence-corrected chi connectivity index (χ0v) is 11.3. The first-order chi connectivity index (χ1) is 8.73. The summed E-state index contributed by atoms with van der Waals surface area (Å²) in [7, 11) is -0.805. The minimum absolute atomic E-state index is 0.0191. The van der Waals surface area contributed by atoms with E-state index < -0.39 is 28.3 Å². The molecular formula is C11H14N2O5S. The first-order valence-corrected chi connectivity index (χ1v) is 6.71. The van der Waals surface area contributed by atoms with Gasteiger partial charge in [-0.2, -0.15) is 0 Å². The predicted octanol–water partition coefficient (Wildman–Crippen LogP) is 0.350. The zero-order valence-electron chi connectivity index (χ0n) is 10.5. The van der Waals surface area contributed by atoms with Crippen molar-refractivity contribution in [1.82, 2.24) is 4.31 Å². The van der Waals surface area contributed by atoms with E-state index in [1.807, 2.05) is 0 Å². The summed E-state index contributed by atoms with van der Waals surface area (Å²) in [6.07, 6.45) is -0.676. The van der Waals surface area contributed by atoms with Crippen molar-refractivity contribution in [2.24, 2.45) is 0 Å². The maximum absolute atomic E-state index is 11.9. The van der Waals surface area contributed by atoms with Crippen LogP contribution in [0.25, 0.3) is 0 Å². The second-order valence-corrected chi connectivity index (χ2v) is 6.09. The third-order valence-electron chi connectivity index (χ3n) is 2.21. The van der Waals surface area contributed by atoms with Crippen molar-refractivity contribution in [2.75, 3.05) is 19.4 Å². The molecule has 0 heterocycles. The molecule has 0 aliphatic heterocycles. The molecule has 1 amide bonds. The number of carboxylic acids is 1. The summed E-state index contributed by atoms with van der Waals surface area (Å²) in [5.41, 5.74) is 0.231. The van der Waals surface area contributed by atoms with Gasteiger partial charge in [0.1, 0.15) is 6.42 Å². The van der Waals surface area contributed by atoms with Crippen LogP contribution in [-0.4, -0.2) is 43.8 Å². The van der Waals surface area contributed by atoms with Crippen molar-refractivity contribution >= 4 is 27.6 Å². The van der Waals surface area contributed by atoms with Gasteiger partial charge in [-0.25, -0.2) is 12.7 Å². The van der Waals surface area contributed by atoms with E-state index in [1.165, 1.54) is 38.4 Å². The van der Waals surface area contributed by atoms with Gasteiger partial charge in [0.05, 0.1) is 4.90 Å². The van der Waals surface area contributed by atoms with Gasteiger partial charge in [0.25, 0.3) is 0 Å². The summed E-state index contributed by atoms with van der Waals surface area (Å²) in [6, 6.07) is 5.61. The lowest BCUT2D eigenvalue weighted by Gasteiger charge is -2.12. The third-order valence-corrected chi connectivity index (χ3v) is 4.02. The zero-order chi connectivity index (χ0) is 14.6. The number of carboxylic acid groups (broad SMARTS) is 1. The Hall–Kier alpha value is -1.93. The van der Waals surface area contributed by atoms with Gasteiger partial charge >= 0.3 is 5.97 Å². The minimum atomic E-state index is -3.59. The van der Waals surface area contributed by atoms with Crippen molar-refractivity contribution in [3.05, 3.63) is 24.3 Å². The van der Waals surface area contributed by atoms with E-state index in [4.69, 9.17) is 5.11 Å². The minimum Gasteiger partial charge on any atom is -0.481 e. The molecule has 104 valence electrons. The first-order valence-electron chi connectivity index (χ1n) is 5.27. The Labute approximate surface area is 110 Å². The molecule has 19 heavy (non-hydrogen) atoms. The fourth-order valence-electron chi connectivity index (χ4n) is 1.29. The Balaban J connectivity index is 2.96. The van der Waals surface area contributed by atoms with Crippen molar-refractivity contribution in [1.29, 1.82) is 0 Å². The Morgan fingerprint density at radius 1 is 1.32 bits per heavy atom. The van der Waals surface area contributed by atoms with E-state index in [2.05, 4.69) is 5.32 Å². The molecule has 0 aliphatic carbocycles. The van der Waals surface area contributed by atoms with Crippen LogP contribution in [0.3, 0.4) is 0 Å². The Morgan fingerprint density at radius 3 is 2.47 bits per heavy atom. The highest BCUT2D eigenvalue weighted by Gasteiger charge is 2.17. The number of nitrogens with zero attached hydrogens (tertiary/aromatic N) is 1. The summed E-state index contributed by atoms with van der Waals surface area (Å²) < 4.78 is 24.8. The number of rotatable bonds is 5. The van der Waals surface area contributed by atoms with Gasteiger partial charge in [-0.15, -0.1) is 0 Å². The molecule has 1 aromatic rings. The van der Waals surface area contributed by atoms with Gasteiger partial charge in [-0.3, -0.25) is 9.59 Å². The average Bonchev–Trinajstić information content (AvgIpc) is 2.27. The van der Waals surface area contributed by atoms with Crippen LogP contribution < -0.4 is 5.32 Å². The number of aliphatic carboxylic acids is 1. The fourth-order valence-corrected chi connectivity index (χ4v) is 2.24. The molecule has 0 unspecified atom stereocenters. The molecule has 0 spiro atoms. The standard InChI is InChI=1S/C11H14N2O5S/c1-13(2)19(17,18)9-5-3-4-8(6-9)12-10(14)7-11(15)16/h3-6H,7H2,1-2H3,(H,12,14)(H,15,16). The molecule has 0 aliphatic rings. The molecule has 0 bridgehead atoms. The lowest BCUT2D eigenvalue weighted by molar-refractivity contribution is -0.139. The monoisotopic (exact) mass is 286 g/mol. The predicted molar refractivity (Wildman–Crippen MR) is 68.2 cm³/mol. The van der Waals surface area contributed by atoms with Gasteiger partial charge in [0, 0.05) is 19.8 Å². The molecule has 0 radical (unpaired) electrons. The van der Waals surface area contributed by atoms with Crippen LogP contribution >= 0.6 is 0 Å². The Kier molecular flexibility index (Phi) is 4.62. The normalized spacial score (nSPS) is 11.3. The molecule has 0 saturated heterocycles. The molecular weight excluding hydrogens is 272 g/mol. The van der Waals surface area contributed by atoms with Crippen molar-refractivity contribution in [2.45, 2.75) is 11.3 Å². The lowest BCUT2D eigenvalue weighted by atomic mass is 10.3. The van der Waals surface area contributed by atoms with E-state index in [1.54, 1.807) is 0 Å². The van der Waals surface area contributed by atoms with E-state index in [0.717, 1.165) is 4.31 Å². The average molecular weight is 286 g/mol. The van der Waals surface area contributed by atoms with Crippen molar-refractivity contribution < 1.29 is 23.1 Å². The number of carbonyl (C=O) groups is 2. The SMILES string of the molecule is CN(C)S(=O)(=O)c1cccc(NC(=O)CC(=O)O)c1. The summed E-state index contributed by atoms with van der Waals surface area (Å²) >= 11 is 0. The van der Waals surface area contributed by atoms with E-state index in [-0.39, 0.29) is 10.6 Å². The maximum atomic E-state index is 11.9. The molecule has 1 rings (SSSR count). The number of hydrogen-bond donors (Lipinski definition) is 2. The van der Waals surface area contributed by atoms with E-state index in [9.17, 15) is 18.0 Å². The van der Waals surface area contributed by atoms with E-state index in [0.29, 0.717) is 0 Å².